The SMILES string of the molecule is C=CCCN(CCN(C/C=C/Cl)CCC1CCCN(CCC)C1)c1cc(C=O)ccc1CC1(C)CCCCC1. The molecule has 1 saturated heterocycles. The second kappa shape index (κ2) is 17.3. The van der Waals surface area contributed by atoms with Gasteiger partial charge in [0.15, 0.2) is 0 Å². The Morgan fingerprint density at radius 3 is 2.67 bits per heavy atom. The van der Waals surface area contributed by atoms with Crippen molar-refractivity contribution in [2.75, 3.05) is 57.3 Å². The lowest BCUT2D eigenvalue weighted by atomic mass is 9.71. The second-order valence-corrected chi connectivity index (χ2v) is 12.6. The van der Waals surface area contributed by atoms with Gasteiger partial charge in [0.25, 0.3) is 0 Å². The molecule has 1 aromatic carbocycles. The van der Waals surface area contributed by atoms with E-state index in [1.54, 1.807) is 5.54 Å². The average Bonchev–Trinajstić information content (AvgIpc) is 2.95. The van der Waals surface area contributed by atoms with Gasteiger partial charge in [-0.2, -0.15) is 0 Å². The number of rotatable bonds is 17. The van der Waals surface area contributed by atoms with Gasteiger partial charge in [-0.1, -0.05) is 69.0 Å². The lowest BCUT2D eigenvalue weighted by molar-refractivity contribution is 0.112. The van der Waals surface area contributed by atoms with Crippen LogP contribution in [0.2, 0.25) is 0 Å². The number of piperidine rings is 1. The van der Waals surface area contributed by atoms with Crippen LogP contribution in [0.25, 0.3) is 0 Å². The molecule has 1 aliphatic carbocycles. The summed E-state index contributed by atoms with van der Waals surface area (Å²) in [5, 5.41) is 0. The van der Waals surface area contributed by atoms with E-state index < -0.39 is 0 Å². The highest BCUT2D eigenvalue weighted by molar-refractivity contribution is 6.25. The van der Waals surface area contributed by atoms with Crippen LogP contribution < -0.4 is 4.90 Å². The number of carbonyl (C=O) groups excluding carboxylic acids is 1. The molecule has 1 heterocycles. The van der Waals surface area contributed by atoms with Crippen LogP contribution >= 0.6 is 11.6 Å². The normalized spacial score (nSPS) is 19.9. The molecule has 2 aliphatic rings. The van der Waals surface area contributed by atoms with Crippen LogP contribution in [0, 0.1) is 11.3 Å². The summed E-state index contributed by atoms with van der Waals surface area (Å²) < 4.78 is 0. The van der Waals surface area contributed by atoms with E-state index in [0.717, 1.165) is 63.3 Å². The summed E-state index contributed by atoms with van der Waals surface area (Å²) in [6.45, 7) is 17.3. The summed E-state index contributed by atoms with van der Waals surface area (Å²) in [6.07, 6.45) is 18.9. The Balaban J connectivity index is 1.72. The van der Waals surface area contributed by atoms with E-state index in [-0.39, 0.29) is 0 Å². The van der Waals surface area contributed by atoms with Gasteiger partial charge in [-0.05, 0) is 94.0 Å². The zero-order chi connectivity index (χ0) is 27.9. The summed E-state index contributed by atoms with van der Waals surface area (Å²) in [5.74, 6) is 0.789. The fourth-order valence-corrected chi connectivity index (χ4v) is 6.84. The van der Waals surface area contributed by atoms with Crippen molar-refractivity contribution in [1.82, 2.24) is 9.80 Å². The quantitative estimate of drug-likeness (QED) is 0.144. The number of aldehydes is 1. The highest BCUT2D eigenvalue weighted by Crippen LogP contribution is 2.40. The minimum Gasteiger partial charge on any atom is -0.370 e. The summed E-state index contributed by atoms with van der Waals surface area (Å²) in [5.41, 5.74) is 5.40. The third-order valence-corrected chi connectivity index (χ3v) is 9.18. The van der Waals surface area contributed by atoms with Gasteiger partial charge in [0.1, 0.15) is 6.29 Å². The van der Waals surface area contributed by atoms with Crippen molar-refractivity contribution < 1.29 is 4.79 Å². The number of hydrogen-bond acceptors (Lipinski definition) is 4. The molecular formula is C34H54ClN3O. The van der Waals surface area contributed by atoms with Crippen LogP contribution in [0.15, 0.2) is 42.5 Å². The first-order chi connectivity index (χ1) is 19.0. The van der Waals surface area contributed by atoms with E-state index in [9.17, 15) is 4.79 Å². The van der Waals surface area contributed by atoms with Crippen molar-refractivity contribution in [1.29, 1.82) is 0 Å². The molecule has 5 heteroatoms. The Labute approximate surface area is 244 Å². The van der Waals surface area contributed by atoms with Crippen molar-refractivity contribution in [3.63, 3.8) is 0 Å². The van der Waals surface area contributed by atoms with Gasteiger partial charge in [0.05, 0.1) is 0 Å². The predicted octanol–water partition coefficient (Wildman–Crippen LogP) is 7.96. The van der Waals surface area contributed by atoms with Crippen LogP contribution in [-0.2, 0) is 6.42 Å². The van der Waals surface area contributed by atoms with E-state index in [4.69, 9.17) is 11.6 Å². The number of anilines is 1. The van der Waals surface area contributed by atoms with Crippen molar-refractivity contribution >= 4 is 23.6 Å². The van der Waals surface area contributed by atoms with Crippen molar-refractivity contribution in [2.45, 2.75) is 84.5 Å². The van der Waals surface area contributed by atoms with Gasteiger partial charge in [0.2, 0.25) is 0 Å². The van der Waals surface area contributed by atoms with Crippen LogP contribution in [-0.4, -0.2) is 68.4 Å². The number of benzene rings is 1. The Morgan fingerprint density at radius 2 is 1.95 bits per heavy atom. The maximum Gasteiger partial charge on any atom is 0.150 e. The molecule has 1 unspecified atom stereocenters. The Bertz CT molecular complexity index is 892. The molecule has 4 nitrogen and oxygen atoms in total. The first-order valence-corrected chi connectivity index (χ1v) is 16.1. The summed E-state index contributed by atoms with van der Waals surface area (Å²) >= 11 is 5.97. The van der Waals surface area contributed by atoms with Crippen LogP contribution in [0.3, 0.4) is 0 Å². The third kappa shape index (κ3) is 10.7. The second-order valence-electron chi connectivity index (χ2n) is 12.4. The Kier molecular flexibility index (Phi) is 14.1. The van der Waals surface area contributed by atoms with E-state index in [1.165, 1.54) is 88.7 Å². The predicted molar refractivity (Wildman–Crippen MR) is 169 cm³/mol. The molecule has 218 valence electrons. The molecule has 3 rings (SSSR count). The number of likely N-dealkylation sites (tertiary alicyclic amines) is 1. The summed E-state index contributed by atoms with van der Waals surface area (Å²) in [4.78, 5) is 19.5. The molecule has 0 bridgehead atoms. The lowest BCUT2D eigenvalue weighted by Gasteiger charge is -2.36. The number of nitrogens with zero attached hydrogens (tertiary/aromatic N) is 3. The van der Waals surface area contributed by atoms with Gasteiger partial charge >= 0.3 is 0 Å². The summed E-state index contributed by atoms with van der Waals surface area (Å²) in [7, 11) is 0. The van der Waals surface area contributed by atoms with Gasteiger partial charge in [-0.3, -0.25) is 9.69 Å². The van der Waals surface area contributed by atoms with Crippen molar-refractivity contribution in [3.05, 3.63) is 53.6 Å². The molecule has 1 saturated carbocycles. The molecule has 1 aromatic rings. The molecular weight excluding hydrogens is 502 g/mol. The monoisotopic (exact) mass is 555 g/mol. The minimum absolute atomic E-state index is 0.350. The largest absolute Gasteiger partial charge is 0.370 e. The molecule has 0 amide bonds. The van der Waals surface area contributed by atoms with Crippen molar-refractivity contribution in [3.8, 4) is 0 Å². The first-order valence-electron chi connectivity index (χ1n) is 15.6. The van der Waals surface area contributed by atoms with E-state index >= 15 is 0 Å². The highest BCUT2D eigenvalue weighted by atomic mass is 35.5. The molecule has 0 N–H and O–H groups in total. The molecule has 0 aromatic heterocycles. The Hall–Kier alpha value is -1.62. The van der Waals surface area contributed by atoms with Crippen LogP contribution in [0.1, 0.15) is 94.0 Å². The smallest absolute Gasteiger partial charge is 0.150 e. The third-order valence-electron chi connectivity index (χ3n) is 9.00. The zero-order valence-corrected chi connectivity index (χ0v) is 25.6. The zero-order valence-electron chi connectivity index (χ0n) is 24.9. The maximum absolute atomic E-state index is 11.8. The van der Waals surface area contributed by atoms with E-state index in [1.807, 2.05) is 12.1 Å². The van der Waals surface area contributed by atoms with E-state index in [0.29, 0.717) is 5.41 Å². The number of carbonyl (C=O) groups is 1. The van der Waals surface area contributed by atoms with Crippen LogP contribution in [0.5, 0.6) is 0 Å². The molecule has 0 radical (unpaired) electrons. The highest BCUT2D eigenvalue weighted by Gasteiger charge is 2.29. The van der Waals surface area contributed by atoms with Gasteiger partial charge < -0.3 is 9.80 Å². The fourth-order valence-electron chi connectivity index (χ4n) is 6.76. The van der Waals surface area contributed by atoms with Crippen molar-refractivity contribution in [2.24, 2.45) is 11.3 Å². The molecule has 0 spiro atoms. The molecule has 2 fully saturated rings. The van der Waals surface area contributed by atoms with E-state index in [2.05, 4.69) is 53.3 Å². The topological polar surface area (TPSA) is 26.8 Å². The minimum atomic E-state index is 0.350. The number of hydrogen-bond donors (Lipinski definition) is 0. The molecule has 39 heavy (non-hydrogen) atoms. The molecule has 1 atom stereocenters. The van der Waals surface area contributed by atoms with Gasteiger partial charge in [-0.15, -0.1) is 6.58 Å². The fraction of sp³-hybridized carbons (Fsp3) is 0.676. The van der Waals surface area contributed by atoms with Gasteiger partial charge in [0, 0.05) is 49.5 Å². The maximum atomic E-state index is 11.8. The lowest BCUT2D eigenvalue weighted by Crippen LogP contribution is -2.40. The van der Waals surface area contributed by atoms with Gasteiger partial charge in [-0.25, -0.2) is 0 Å². The average molecular weight is 556 g/mol. The standard InChI is InChI=1S/C34H54ClN3O/c1-4-6-22-38(33-26-31(29-39)13-14-32(33)27-34(3)16-8-7-9-17-34)25-24-36(21-11-18-35)23-15-30-12-10-20-37(28-30)19-5-2/h4,11,13-14,18,26,29-30H,1,5-10,12,15-17,19-25,27-28H2,2-3H3/b18-11+. The summed E-state index contributed by atoms with van der Waals surface area (Å²) in [6, 6.07) is 6.36. The molecule has 1 aliphatic heterocycles. The van der Waals surface area contributed by atoms with Crippen LogP contribution in [0.4, 0.5) is 5.69 Å². The first kappa shape index (κ1) is 31.9. The number of halogens is 1. The Morgan fingerprint density at radius 1 is 1.13 bits per heavy atom.